The summed E-state index contributed by atoms with van der Waals surface area (Å²) < 4.78 is 5.41. The van der Waals surface area contributed by atoms with E-state index in [1.165, 1.54) is 0 Å². The largest absolute Gasteiger partial charge is 0.379 e. The Morgan fingerprint density at radius 2 is 2.24 bits per heavy atom. The summed E-state index contributed by atoms with van der Waals surface area (Å²) in [4.78, 5) is 2.34. The summed E-state index contributed by atoms with van der Waals surface area (Å²) in [6.07, 6.45) is 0. The first kappa shape index (κ1) is 12.1. The van der Waals surface area contributed by atoms with E-state index in [9.17, 15) is 5.26 Å². The number of nitriles is 1. The Bertz CT molecular complexity index is 385. The Morgan fingerprint density at radius 3 is 2.88 bits per heavy atom. The van der Waals surface area contributed by atoms with Gasteiger partial charge in [-0.15, -0.1) is 0 Å². The van der Waals surface area contributed by atoms with Crippen molar-refractivity contribution in [2.24, 2.45) is 0 Å². The minimum atomic E-state index is -0.0447. The van der Waals surface area contributed by atoms with Crippen LogP contribution in [0.3, 0.4) is 0 Å². The fraction of sp³-hybridized carbons (Fsp3) is 0.500. The Balaban J connectivity index is 2.03. The molecular formula is C14H18N2O. The molecule has 2 atom stereocenters. The highest BCUT2D eigenvalue weighted by atomic mass is 16.5. The number of ether oxygens (including phenoxy) is 1. The van der Waals surface area contributed by atoms with E-state index in [4.69, 9.17) is 4.74 Å². The van der Waals surface area contributed by atoms with Crippen molar-refractivity contribution in [3.8, 4) is 6.07 Å². The lowest BCUT2D eigenvalue weighted by Gasteiger charge is -2.34. The van der Waals surface area contributed by atoms with Crippen LogP contribution in [0.15, 0.2) is 30.3 Å². The Hall–Kier alpha value is -1.37. The molecular weight excluding hydrogens is 212 g/mol. The van der Waals surface area contributed by atoms with Gasteiger partial charge in [0.05, 0.1) is 25.2 Å². The van der Waals surface area contributed by atoms with E-state index in [2.05, 4.69) is 17.9 Å². The molecule has 0 aromatic heterocycles. The topological polar surface area (TPSA) is 36.3 Å². The second kappa shape index (κ2) is 5.81. The van der Waals surface area contributed by atoms with Crippen LogP contribution in [-0.4, -0.2) is 37.2 Å². The number of rotatable bonds is 3. The molecule has 2 unspecified atom stereocenters. The zero-order valence-corrected chi connectivity index (χ0v) is 10.2. The van der Waals surface area contributed by atoms with Gasteiger partial charge < -0.3 is 4.74 Å². The van der Waals surface area contributed by atoms with Crippen molar-refractivity contribution < 1.29 is 4.74 Å². The number of benzene rings is 1. The average Bonchev–Trinajstić information content (AvgIpc) is 2.39. The van der Waals surface area contributed by atoms with Crippen LogP contribution in [0.2, 0.25) is 0 Å². The maximum atomic E-state index is 9.29. The molecule has 0 saturated carbocycles. The molecule has 1 aromatic rings. The molecule has 3 heteroatoms. The van der Waals surface area contributed by atoms with Gasteiger partial charge in [-0.3, -0.25) is 4.90 Å². The fourth-order valence-corrected chi connectivity index (χ4v) is 2.17. The molecule has 2 rings (SSSR count). The predicted octanol–water partition coefficient (Wildman–Crippen LogP) is 2.01. The van der Waals surface area contributed by atoms with Crippen LogP contribution in [0, 0.1) is 11.3 Å². The molecule has 0 amide bonds. The van der Waals surface area contributed by atoms with Crippen molar-refractivity contribution in [1.29, 1.82) is 5.26 Å². The van der Waals surface area contributed by atoms with Crippen LogP contribution in [0.5, 0.6) is 0 Å². The minimum Gasteiger partial charge on any atom is -0.379 e. The van der Waals surface area contributed by atoms with Crippen LogP contribution in [0.1, 0.15) is 18.4 Å². The first-order chi connectivity index (χ1) is 8.31. The van der Waals surface area contributed by atoms with Crippen molar-refractivity contribution in [2.45, 2.75) is 18.9 Å². The number of hydrogen-bond acceptors (Lipinski definition) is 3. The Labute approximate surface area is 103 Å². The van der Waals surface area contributed by atoms with Crippen molar-refractivity contribution >= 4 is 0 Å². The van der Waals surface area contributed by atoms with E-state index in [0.717, 1.165) is 31.9 Å². The van der Waals surface area contributed by atoms with Gasteiger partial charge in [-0.1, -0.05) is 30.3 Å². The summed E-state index contributed by atoms with van der Waals surface area (Å²) >= 11 is 0. The van der Waals surface area contributed by atoms with Gasteiger partial charge in [0.2, 0.25) is 0 Å². The van der Waals surface area contributed by atoms with Gasteiger partial charge in [0, 0.05) is 19.1 Å². The van der Waals surface area contributed by atoms with Gasteiger partial charge in [0.15, 0.2) is 0 Å². The van der Waals surface area contributed by atoms with Crippen molar-refractivity contribution in [2.75, 3.05) is 26.3 Å². The predicted molar refractivity (Wildman–Crippen MR) is 66.7 cm³/mol. The molecule has 0 spiro atoms. The third kappa shape index (κ3) is 3.06. The van der Waals surface area contributed by atoms with E-state index in [1.807, 2.05) is 30.3 Å². The standard InChI is InChI=1S/C14H18N2O/c1-12-11-17-8-7-16(12)10-14(9-15)13-5-3-2-4-6-13/h2-6,12,14H,7-8,10-11H2,1H3. The first-order valence-corrected chi connectivity index (χ1v) is 6.07. The zero-order chi connectivity index (χ0) is 12.1. The quantitative estimate of drug-likeness (QED) is 0.797. The van der Waals surface area contributed by atoms with Crippen molar-refractivity contribution in [3.05, 3.63) is 35.9 Å². The molecule has 3 nitrogen and oxygen atoms in total. The summed E-state index contributed by atoms with van der Waals surface area (Å²) in [5.74, 6) is -0.0447. The molecule has 1 saturated heterocycles. The third-order valence-corrected chi connectivity index (χ3v) is 3.28. The lowest BCUT2D eigenvalue weighted by atomic mass is 9.99. The number of nitrogens with zero attached hydrogens (tertiary/aromatic N) is 2. The lowest BCUT2D eigenvalue weighted by Crippen LogP contribution is -2.45. The lowest BCUT2D eigenvalue weighted by molar-refractivity contribution is -0.00107. The monoisotopic (exact) mass is 230 g/mol. The molecule has 0 aliphatic carbocycles. The van der Waals surface area contributed by atoms with E-state index in [-0.39, 0.29) is 5.92 Å². The molecule has 1 heterocycles. The van der Waals surface area contributed by atoms with E-state index in [1.54, 1.807) is 0 Å². The molecule has 90 valence electrons. The summed E-state index contributed by atoms with van der Waals surface area (Å²) in [7, 11) is 0. The molecule has 1 aromatic carbocycles. The number of hydrogen-bond donors (Lipinski definition) is 0. The van der Waals surface area contributed by atoms with Crippen molar-refractivity contribution in [3.63, 3.8) is 0 Å². The highest BCUT2D eigenvalue weighted by molar-refractivity contribution is 5.25. The van der Waals surface area contributed by atoms with Gasteiger partial charge in [-0.25, -0.2) is 0 Å². The third-order valence-electron chi connectivity index (χ3n) is 3.28. The zero-order valence-electron chi connectivity index (χ0n) is 10.2. The normalized spacial score (nSPS) is 22.9. The second-order valence-corrected chi connectivity index (χ2v) is 4.51. The number of morpholine rings is 1. The summed E-state index contributed by atoms with van der Waals surface area (Å²) in [6, 6.07) is 12.8. The highest BCUT2D eigenvalue weighted by Gasteiger charge is 2.22. The Morgan fingerprint density at radius 1 is 1.47 bits per heavy atom. The second-order valence-electron chi connectivity index (χ2n) is 4.51. The fourth-order valence-electron chi connectivity index (χ4n) is 2.17. The molecule has 17 heavy (non-hydrogen) atoms. The highest BCUT2D eigenvalue weighted by Crippen LogP contribution is 2.18. The van der Waals surface area contributed by atoms with E-state index < -0.39 is 0 Å². The van der Waals surface area contributed by atoms with E-state index >= 15 is 0 Å². The van der Waals surface area contributed by atoms with Crippen LogP contribution >= 0.6 is 0 Å². The molecule has 0 bridgehead atoms. The first-order valence-electron chi connectivity index (χ1n) is 6.07. The summed E-state index contributed by atoms with van der Waals surface area (Å²) in [6.45, 7) is 5.42. The van der Waals surface area contributed by atoms with Gasteiger partial charge in [-0.05, 0) is 12.5 Å². The smallest absolute Gasteiger partial charge is 0.0839 e. The maximum Gasteiger partial charge on any atom is 0.0839 e. The molecule has 1 fully saturated rings. The average molecular weight is 230 g/mol. The minimum absolute atomic E-state index is 0.0447. The maximum absolute atomic E-state index is 9.29. The van der Waals surface area contributed by atoms with Gasteiger partial charge in [0.25, 0.3) is 0 Å². The molecule has 1 aliphatic heterocycles. The van der Waals surface area contributed by atoms with Crippen molar-refractivity contribution in [1.82, 2.24) is 4.90 Å². The van der Waals surface area contributed by atoms with Crippen LogP contribution in [0.25, 0.3) is 0 Å². The van der Waals surface area contributed by atoms with E-state index in [0.29, 0.717) is 6.04 Å². The van der Waals surface area contributed by atoms with Crippen LogP contribution < -0.4 is 0 Å². The van der Waals surface area contributed by atoms with Crippen LogP contribution in [-0.2, 0) is 4.74 Å². The molecule has 0 radical (unpaired) electrons. The van der Waals surface area contributed by atoms with Gasteiger partial charge >= 0.3 is 0 Å². The molecule has 1 aliphatic rings. The summed E-state index contributed by atoms with van der Waals surface area (Å²) in [5, 5.41) is 9.29. The summed E-state index contributed by atoms with van der Waals surface area (Å²) in [5.41, 5.74) is 1.11. The van der Waals surface area contributed by atoms with Gasteiger partial charge in [0.1, 0.15) is 0 Å². The molecule has 0 N–H and O–H groups in total. The van der Waals surface area contributed by atoms with Gasteiger partial charge in [-0.2, -0.15) is 5.26 Å². The van der Waals surface area contributed by atoms with Crippen LogP contribution in [0.4, 0.5) is 0 Å². The SMILES string of the molecule is CC1COCCN1CC(C#N)c1ccccc1. The Kier molecular flexibility index (Phi) is 4.13.